The molecular formula is C62H60N2O2. The number of carbonyl (C=O) groups is 2. The molecule has 10 aromatic rings. The molecule has 0 atom stereocenters. The molecule has 6 aromatic carbocycles. The summed E-state index contributed by atoms with van der Waals surface area (Å²) in [7, 11) is 0. The Morgan fingerprint density at radius 3 is 1.20 bits per heavy atom. The van der Waals surface area contributed by atoms with Gasteiger partial charge in [-0.15, -0.1) is 0 Å². The van der Waals surface area contributed by atoms with Crippen molar-refractivity contribution in [1.29, 1.82) is 0 Å². The third-order valence-electron chi connectivity index (χ3n) is 17.8. The second kappa shape index (κ2) is 13.5. The highest BCUT2D eigenvalue weighted by atomic mass is 16.1. The summed E-state index contributed by atoms with van der Waals surface area (Å²) in [5.41, 5.74) is 19.1. The quantitative estimate of drug-likeness (QED) is 0.173. The summed E-state index contributed by atoms with van der Waals surface area (Å²) in [6.45, 7) is 18.0. The predicted molar refractivity (Wildman–Crippen MR) is 276 cm³/mol. The maximum Gasteiger partial charge on any atom is 0.166 e. The first-order valence-electron chi connectivity index (χ1n) is 25.9. The van der Waals surface area contributed by atoms with Crippen LogP contribution in [0.3, 0.4) is 0 Å². The molecule has 0 unspecified atom stereocenters. The molecule has 4 nitrogen and oxygen atoms in total. The lowest BCUT2D eigenvalue weighted by Crippen LogP contribution is -2.15. The molecule has 0 spiro atoms. The average molecular weight is 866 g/mol. The van der Waals surface area contributed by atoms with Crippen molar-refractivity contribution in [3.63, 3.8) is 0 Å². The van der Waals surface area contributed by atoms with Crippen molar-refractivity contribution in [3.8, 4) is 11.1 Å². The molecule has 6 aliphatic rings. The van der Waals surface area contributed by atoms with Crippen LogP contribution >= 0.6 is 0 Å². The van der Waals surface area contributed by atoms with Crippen LogP contribution in [0.5, 0.6) is 0 Å². The second-order valence-electron chi connectivity index (χ2n) is 22.7. The maximum absolute atomic E-state index is 14.4. The molecule has 2 fully saturated rings. The van der Waals surface area contributed by atoms with Gasteiger partial charge in [0.15, 0.2) is 11.6 Å². The number of hydrogen-bond acceptors (Lipinski definition) is 2. The van der Waals surface area contributed by atoms with Gasteiger partial charge in [0.1, 0.15) is 0 Å². The van der Waals surface area contributed by atoms with Crippen molar-refractivity contribution in [2.45, 2.75) is 142 Å². The molecule has 4 heteroatoms. The van der Waals surface area contributed by atoms with E-state index in [1.54, 1.807) is 0 Å². The highest BCUT2D eigenvalue weighted by molar-refractivity contribution is 6.30. The fraction of sp³-hybridized carbons (Fsp3) is 0.387. The number of nitrogens with zero attached hydrogens (tertiary/aromatic N) is 2. The van der Waals surface area contributed by atoms with E-state index < -0.39 is 5.89 Å². The van der Waals surface area contributed by atoms with E-state index in [-0.39, 0.29) is 11.8 Å². The summed E-state index contributed by atoms with van der Waals surface area (Å²) in [4.78, 5) is 28.7. The molecule has 6 aliphatic carbocycles. The summed E-state index contributed by atoms with van der Waals surface area (Å²) >= 11 is 0. The van der Waals surface area contributed by atoms with Crippen molar-refractivity contribution >= 4 is 87.8 Å². The van der Waals surface area contributed by atoms with Gasteiger partial charge in [0.2, 0.25) is 0 Å². The van der Waals surface area contributed by atoms with Crippen LogP contribution in [-0.4, -0.2) is 20.4 Å². The summed E-state index contributed by atoms with van der Waals surface area (Å²) in [6.07, 6.45) is 8.30. The Balaban J connectivity index is 1.16. The van der Waals surface area contributed by atoms with E-state index in [2.05, 4.69) is 123 Å². The van der Waals surface area contributed by atoms with Gasteiger partial charge in [-0.3, -0.25) is 9.59 Å². The fourth-order valence-corrected chi connectivity index (χ4v) is 14.3. The highest BCUT2D eigenvalue weighted by Gasteiger charge is 2.38. The Labute approximate surface area is 388 Å². The van der Waals surface area contributed by atoms with Crippen LogP contribution in [0.15, 0.2) is 72.8 Å². The zero-order valence-electron chi connectivity index (χ0n) is 40.8. The van der Waals surface area contributed by atoms with Crippen LogP contribution in [0.1, 0.15) is 198 Å². The largest absolute Gasteiger partial charge is 0.308 e. The normalized spacial score (nSPS) is 21.5. The average Bonchev–Trinajstić information content (AvgIpc) is 3.93. The molecule has 0 saturated heterocycles. The monoisotopic (exact) mass is 865 g/mol. The molecule has 2 saturated carbocycles. The van der Waals surface area contributed by atoms with Gasteiger partial charge >= 0.3 is 0 Å². The summed E-state index contributed by atoms with van der Waals surface area (Å²) < 4.78 is 14.3. The lowest BCUT2D eigenvalue weighted by atomic mass is 9.81. The topological polar surface area (TPSA) is 43.0 Å². The molecule has 0 N–H and O–H groups in total. The lowest BCUT2D eigenvalue weighted by molar-refractivity contribution is 0.0891. The SMILES string of the molecule is [2H]C(C)(C)c1cc2c3cc4c(cc3n3c5cc6c7cc(-c8c(C(C)C)cc(C(C)C)cc8C(C)C)cc8c9cc%10c(cc9n(c6cc5c(c1)c23)c87)C(=O)C1CCC%10CC1)C(=O)C1CCC4CC1. The van der Waals surface area contributed by atoms with Crippen LogP contribution in [0.4, 0.5) is 0 Å². The Hall–Kier alpha value is -5.74. The number of fused-ring (bicyclic) bond motifs is 16. The molecule has 0 aliphatic heterocycles. The molecule has 66 heavy (non-hydrogen) atoms. The zero-order valence-corrected chi connectivity index (χ0v) is 39.8. The predicted octanol–water partition coefficient (Wildman–Crippen LogP) is 17.1. The number of aromatic nitrogens is 2. The number of rotatable bonds is 5. The van der Waals surface area contributed by atoms with Crippen molar-refractivity contribution in [1.82, 2.24) is 8.80 Å². The number of ketones is 2. The first-order valence-corrected chi connectivity index (χ1v) is 25.4. The molecule has 0 radical (unpaired) electrons. The molecule has 330 valence electrons. The van der Waals surface area contributed by atoms with Gasteiger partial charge in [0, 0.05) is 67.4 Å². The minimum Gasteiger partial charge on any atom is -0.308 e. The Bertz CT molecular complexity index is 3800. The van der Waals surface area contributed by atoms with Gasteiger partial charge in [-0.2, -0.15) is 0 Å². The van der Waals surface area contributed by atoms with Gasteiger partial charge in [-0.1, -0.05) is 67.5 Å². The van der Waals surface area contributed by atoms with E-state index in [4.69, 9.17) is 0 Å². The van der Waals surface area contributed by atoms with E-state index >= 15 is 0 Å². The number of carbonyl (C=O) groups excluding carboxylic acids is 2. The van der Waals surface area contributed by atoms with Crippen molar-refractivity contribution in [2.75, 3.05) is 0 Å². The van der Waals surface area contributed by atoms with Crippen LogP contribution in [0.2, 0.25) is 0 Å². The van der Waals surface area contributed by atoms with Gasteiger partial charge in [0.05, 0.1) is 33.1 Å². The number of Topliss-reactive ketones (excluding diaryl/α,β-unsaturated/α-hetero) is 2. The van der Waals surface area contributed by atoms with Crippen LogP contribution in [0.25, 0.3) is 87.3 Å². The minimum absolute atomic E-state index is 0.119. The van der Waals surface area contributed by atoms with Crippen molar-refractivity contribution < 1.29 is 11.0 Å². The smallest absolute Gasteiger partial charge is 0.166 e. The van der Waals surface area contributed by atoms with Gasteiger partial charge in [-0.05, 0) is 192 Å². The van der Waals surface area contributed by atoms with E-state index in [0.717, 1.165) is 101 Å². The van der Waals surface area contributed by atoms with E-state index in [1.165, 1.54) is 82.3 Å². The van der Waals surface area contributed by atoms with E-state index in [1.807, 2.05) is 13.8 Å². The molecule has 4 heterocycles. The Kier molecular flexibility index (Phi) is 7.82. The van der Waals surface area contributed by atoms with Gasteiger partial charge in [0.25, 0.3) is 0 Å². The van der Waals surface area contributed by atoms with Gasteiger partial charge < -0.3 is 8.80 Å². The highest BCUT2D eigenvalue weighted by Crippen LogP contribution is 2.52. The summed E-state index contributed by atoms with van der Waals surface area (Å²) in [5.74, 6) is 2.03. The van der Waals surface area contributed by atoms with Crippen LogP contribution in [-0.2, 0) is 0 Å². The first-order chi connectivity index (χ1) is 32.1. The Morgan fingerprint density at radius 2 is 0.803 bits per heavy atom. The van der Waals surface area contributed by atoms with E-state index in [9.17, 15) is 11.0 Å². The third kappa shape index (κ3) is 5.06. The molecule has 4 aromatic heterocycles. The lowest BCUT2D eigenvalue weighted by Gasteiger charge is -2.23. The van der Waals surface area contributed by atoms with Crippen LogP contribution < -0.4 is 0 Å². The molecule has 16 rings (SSSR count). The fourth-order valence-electron chi connectivity index (χ4n) is 14.3. The first kappa shape index (κ1) is 38.4. The number of benzene rings is 6. The third-order valence-corrected chi connectivity index (χ3v) is 17.8. The maximum atomic E-state index is 14.4. The number of hydrogen-bond donors (Lipinski definition) is 0. The zero-order chi connectivity index (χ0) is 45.8. The molecule has 0 amide bonds. The van der Waals surface area contributed by atoms with Gasteiger partial charge in [-0.25, -0.2) is 0 Å². The van der Waals surface area contributed by atoms with E-state index in [0.29, 0.717) is 41.2 Å². The standard InChI is InChI=1S/C62H60N2O2/c1-29(2)37-17-40(31(5)6)58(41(18-37)32(7)8)39-21-50-45-24-43-34-11-15-36(16-12-34)62(66)53(43)28-57(45)64-55-25-46-49-20-38(30(3)4)19-48-44-23-42-33-9-13-35(14-10-33)61(65)52(42)27-56(44)63(59(48)49)54(46)26-47(55)51(22-39)60(50)64/h17-36H,9-16H2,1-8H3/i30D. The molecule has 4 bridgehead atoms. The molecular weight excluding hydrogens is 805 g/mol. The van der Waals surface area contributed by atoms with Crippen molar-refractivity contribution in [2.24, 2.45) is 11.8 Å². The Morgan fingerprint density at radius 1 is 0.424 bits per heavy atom. The van der Waals surface area contributed by atoms with Crippen LogP contribution in [0, 0.1) is 11.8 Å². The second-order valence-corrected chi connectivity index (χ2v) is 22.7. The summed E-state index contributed by atoms with van der Waals surface area (Å²) in [5, 5.41) is 9.62. The minimum atomic E-state index is -0.810. The summed E-state index contributed by atoms with van der Waals surface area (Å²) in [6, 6.07) is 28.8. The van der Waals surface area contributed by atoms with Crippen molar-refractivity contribution in [3.05, 3.63) is 117 Å².